The van der Waals surface area contributed by atoms with Gasteiger partial charge < -0.3 is 25.6 Å². The number of hydrogen-bond donors (Lipinski definition) is 4. The van der Waals surface area contributed by atoms with Crippen molar-refractivity contribution in [3.63, 3.8) is 0 Å². The molecule has 5 rings (SSSR count). The number of nitrogens with one attached hydrogen (secondary N) is 4. The van der Waals surface area contributed by atoms with Crippen molar-refractivity contribution in [2.24, 2.45) is 11.3 Å². The average Bonchev–Trinajstić information content (AvgIpc) is 3.86. The van der Waals surface area contributed by atoms with Crippen LogP contribution in [0.25, 0.3) is 0 Å². The third-order valence-electron chi connectivity index (χ3n) is 10.1. The Bertz CT molecular complexity index is 1580. The number of carbonyl (C=O) groups excluding carboxylic acids is 5. The summed E-state index contributed by atoms with van der Waals surface area (Å²) in [6, 6.07) is -0.488. The molecule has 288 valence electrons. The molecule has 2 aromatic heterocycles. The predicted octanol–water partition coefficient (Wildman–Crippen LogP) is 3.28. The fourth-order valence-corrected chi connectivity index (χ4v) is 7.18. The molecular weight excluding hydrogens is 700 g/mol. The highest BCUT2D eigenvalue weighted by Gasteiger charge is 2.47. The van der Waals surface area contributed by atoms with Crippen molar-refractivity contribution < 1.29 is 28.7 Å². The summed E-state index contributed by atoms with van der Waals surface area (Å²) in [6.07, 6.45) is 13.1. The second-order valence-electron chi connectivity index (χ2n) is 15.5. The van der Waals surface area contributed by atoms with Gasteiger partial charge in [-0.3, -0.25) is 39.3 Å². The Morgan fingerprint density at radius 3 is 2.36 bits per heavy atom. The lowest BCUT2D eigenvalue weighted by Gasteiger charge is -2.37. The Balaban J connectivity index is 1.37. The van der Waals surface area contributed by atoms with Gasteiger partial charge in [0, 0.05) is 49.9 Å². The first-order valence-electron chi connectivity index (χ1n) is 18.9. The molecule has 0 spiro atoms. The molecule has 1 saturated heterocycles. The van der Waals surface area contributed by atoms with E-state index >= 15 is 0 Å². The molecule has 3 heterocycles. The summed E-state index contributed by atoms with van der Waals surface area (Å²) in [5.41, 5.74) is -0.0600. The summed E-state index contributed by atoms with van der Waals surface area (Å²) in [5, 5.41) is 12.4. The Morgan fingerprint density at radius 1 is 0.981 bits per heavy atom. The molecule has 0 aromatic carbocycles. The van der Waals surface area contributed by atoms with E-state index in [9.17, 15) is 24.0 Å². The van der Waals surface area contributed by atoms with Gasteiger partial charge in [-0.05, 0) is 49.5 Å². The Morgan fingerprint density at radius 2 is 1.74 bits per heavy atom. The molecule has 53 heavy (non-hydrogen) atoms. The number of ether oxygens (including phenoxy) is 1. The van der Waals surface area contributed by atoms with Crippen molar-refractivity contribution in [3.8, 4) is 5.88 Å². The maximum atomic E-state index is 14.7. The van der Waals surface area contributed by atoms with Crippen LogP contribution in [0.3, 0.4) is 0 Å². The maximum Gasteiger partial charge on any atom is 0.289 e. The summed E-state index contributed by atoms with van der Waals surface area (Å²) in [7, 11) is 0. The standard InChI is InChI=1S/C38H53ClN8O6/c1-5-9-28(32(48)36(51)44-25-13-14-25)45-34(49)29-18-27(53-30-15-12-24(39)19-42-30)22-47(29)37(52)33(38(2,3)4)46-35(50)31(23-10-7-6-8-11-23)43-21-26-20-40-16-17-41-26/h12,15-17,19-20,23,25,27-29,31,33,43H,5-11,13-14,18,21-22H2,1-4H3,(H,44,51)(H,45,49)(H,46,50)/t27?,28-,29-,31+,33+/m1/s1. The Labute approximate surface area is 316 Å². The van der Waals surface area contributed by atoms with E-state index in [1.807, 2.05) is 27.7 Å². The fourth-order valence-electron chi connectivity index (χ4n) is 7.07. The third kappa shape index (κ3) is 11.2. The van der Waals surface area contributed by atoms with Gasteiger partial charge in [-0.25, -0.2) is 4.98 Å². The minimum atomic E-state index is -1.06. The first-order valence-corrected chi connectivity index (χ1v) is 19.2. The lowest BCUT2D eigenvalue weighted by Crippen LogP contribution is -2.61. The number of aromatic nitrogens is 3. The minimum Gasteiger partial charge on any atom is -0.472 e. The van der Waals surface area contributed by atoms with E-state index < -0.39 is 59.2 Å². The second-order valence-corrected chi connectivity index (χ2v) is 16.0. The number of ketones is 1. The number of rotatable bonds is 16. The molecule has 3 fully saturated rings. The largest absolute Gasteiger partial charge is 0.472 e. The van der Waals surface area contributed by atoms with Gasteiger partial charge in [-0.1, -0.05) is 65.0 Å². The molecule has 0 bridgehead atoms. The molecule has 1 unspecified atom stereocenters. The van der Waals surface area contributed by atoms with Crippen molar-refractivity contribution >= 4 is 41.0 Å². The smallest absolute Gasteiger partial charge is 0.289 e. The highest BCUT2D eigenvalue weighted by atomic mass is 35.5. The maximum absolute atomic E-state index is 14.7. The van der Waals surface area contributed by atoms with E-state index in [1.165, 1.54) is 11.1 Å². The summed E-state index contributed by atoms with van der Waals surface area (Å²) >= 11 is 6.03. The summed E-state index contributed by atoms with van der Waals surface area (Å²) in [6.45, 7) is 7.81. The highest BCUT2D eigenvalue weighted by molar-refractivity contribution is 6.38. The van der Waals surface area contributed by atoms with E-state index in [4.69, 9.17) is 16.3 Å². The van der Waals surface area contributed by atoms with Crippen molar-refractivity contribution in [1.29, 1.82) is 0 Å². The number of Topliss-reactive ketones (excluding diaryl/α,β-unsaturated/α-hetero) is 1. The quantitative estimate of drug-likeness (QED) is 0.186. The number of carbonyl (C=O) groups is 5. The van der Waals surface area contributed by atoms with Crippen LogP contribution in [-0.4, -0.2) is 92.1 Å². The molecule has 15 heteroatoms. The summed E-state index contributed by atoms with van der Waals surface area (Å²) in [5.74, 6) is -2.44. The zero-order valence-corrected chi connectivity index (χ0v) is 31.9. The zero-order valence-electron chi connectivity index (χ0n) is 31.1. The number of amides is 4. The van der Waals surface area contributed by atoms with E-state index in [-0.39, 0.29) is 43.1 Å². The van der Waals surface area contributed by atoms with Crippen LogP contribution < -0.4 is 26.0 Å². The van der Waals surface area contributed by atoms with Crippen LogP contribution >= 0.6 is 11.6 Å². The molecule has 2 aliphatic carbocycles. The molecule has 3 aliphatic rings. The number of halogens is 1. The molecule has 1 aliphatic heterocycles. The molecule has 2 aromatic rings. The number of nitrogens with zero attached hydrogens (tertiary/aromatic N) is 4. The molecule has 4 amide bonds. The molecule has 2 saturated carbocycles. The first kappa shape index (κ1) is 40.0. The van der Waals surface area contributed by atoms with Crippen LogP contribution in [0.2, 0.25) is 5.02 Å². The molecular formula is C38H53ClN8O6. The zero-order chi connectivity index (χ0) is 38.1. The van der Waals surface area contributed by atoms with Crippen LogP contribution in [0.15, 0.2) is 36.9 Å². The second kappa shape index (κ2) is 18.2. The van der Waals surface area contributed by atoms with Crippen LogP contribution in [0.1, 0.15) is 97.6 Å². The van der Waals surface area contributed by atoms with Gasteiger partial charge in [0.05, 0.1) is 29.3 Å². The van der Waals surface area contributed by atoms with Gasteiger partial charge >= 0.3 is 0 Å². The number of pyridine rings is 1. The lowest BCUT2D eigenvalue weighted by molar-refractivity contribution is -0.145. The van der Waals surface area contributed by atoms with Crippen molar-refractivity contribution in [1.82, 2.24) is 41.1 Å². The lowest BCUT2D eigenvalue weighted by atomic mass is 9.82. The third-order valence-corrected chi connectivity index (χ3v) is 10.3. The van der Waals surface area contributed by atoms with Gasteiger partial charge in [0.15, 0.2) is 0 Å². The van der Waals surface area contributed by atoms with Crippen LogP contribution in [0.4, 0.5) is 0 Å². The van der Waals surface area contributed by atoms with Crippen LogP contribution in [0, 0.1) is 11.3 Å². The Hall–Kier alpha value is -4.17. The van der Waals surface area contributed by atoms with Crippen molar-refractivity contribution in [2.45, 2.75) is 135 Å². The number of hydrogen-bond acceptors (Lipinski definition) is 10. The molecule has 14 nitrogen and oxygen atoms in total. The van der Waals surface area contributed by atoms with Gasteiger partial charge in [0.2, 0.25) is 29.4 Å². The molecule has 5 atom stereocenters. The SMILES string of the molecule is CCC[C@@H](NC(=O)[C@H]1CC(Oc2ccc(Cl)cn2)CN1C(=O)[C@H](NC(=O)[C@@H](NCc1cnccn1)C1CCCCC1)C(C)(C)C)C(=O)C(=O)NC1CC1. The molecule has 0 radical (unpaired) electrons. The summed E-state index contributed by atoms with van der Waals surface area (Å²) < 4.78 is 6.13. The van der Waals surface area contributed by atoms with Gasteiger partial charge in [-0.15, -0.1) is 0 Å². The van der Waals surface area contributed by atoms with Crippen molar-refractivity contribution in [2.75, 3.05) is 6.54 Å². The summed E-state index contributed by atoms with van der Waals surface area (Å²) in [4.78, 5) is 83.1. The van der Waals surface area contributed by atoms with E-state index in [0.717, 1.165) is 44.9 Å². The van der Waals surface area contributed by atoms with Gasteiger partial charge in [0.1, 0.15) is 18.2 Å². The van der Waals surface area contributed by atoms with E-state index in [0.29, 0.717) is 23.7 Å². The minimum absolute atomic E-state index is 0.0174. The predicted molar refractivity (Wildman–Crippen MR) is 197 cm³/mol. The van der Waals surface area contributed by atoms with Crippen LogP contribution in [0.5, 0.6) is 5.88 Å². The monoisotopic (exact) mass is 752 g/mol. The Kier molecular flexibility index (Phi) is 13.8. The van der Waals surface area contributed by atoms with Crippen molar-refractivity contribution in [3.05, 3.63) is 47.6 Å². The first-order chi connectivity index (χ1) is 25.3. The van der Waals surface area contributed by atoms with Crippen LogP contribution in [-0.2, 0) is 30.5 Å². The highest BCUT2D eigenvalue weighted by Crippen LogP contribution is 2.30. The van der Waals surface area contributed by atoms with E-state index in [1.54, 1.807) is 30.7 Å². The van der Waals surface area contributed by atoms with E-state index in [2.05, 4.69) is 36.2 Å². The number of likely N-dealkylation sites (tertiary alicyclic amines) is 1. The topological polar surface area (TPSA) is 185 Å². The van der Waals surface area contributed by atoms with Gasteiger partial charge in [-0.2, -0.15) is 0 Å². The molecule has 4 N–H and O–H groups in total. The van der Waals surface area contributed by atoms with Gasteiger partial charge in [0.25, 0.3) is 5.91 Å². The fraction of sp³-hybridized carbons (Fsp3) is 0.632. The average molecular weight is 753 g/mol. The normalized spacial score (nSPS) is 20.9.